The fraction of sp³-hybridized carbons (Fsp3) is 0.333. The molecule has 0 amide bonds. The molecule has 1 N–H and O–H groups in total. The number of ether oxygens (including phenoxy) is 2. The van der Waals surface area contributed by atoms with Crippen LogP contribution < -0.4 is 14.8 Å². The Labute approximate surface area is 124 Å². The lowest BCUT2D eigenvalue weighted by atomic mass is 9.74. The van der Waals surface area contributed by atoms with Gasteiger partial charge in [-0.15, -0.1) is 0 Å². The lowest BCUT2D eigenvalue weighted by Gasteiger charge is -2.37. The summed E-state index contributed by atoms with van der Waals surface area (Å²) in [6.07, 6.45) is 2.39. The van der Waals surface area contributed by atoms with Gasteiger partial charge in [-0.25, -0.2) is 0 Å². The van der Waals surface area contributed by atoms with Crippen LogP contribution >= 0.6 is 0 Å². The first kappa shape index (κ1) is 12.6. The topological polar surface area (TPSA) is 30.5 Å². The molecule has 0 radical (unpaired) electrons. The molecule has 108 valence electrons. The molecule has 2 aliphatic rings. The van der Waals surface area contributed by atoms with E-state index in [9.17, 15) is 0 Å². The summed E-state index contributed by atoms with van der Waals surface area (Å²) in [5.74, 6) is 2.37. The molecule has 1 heterocycles. The molecule has 0 spiro atoms. The number of anilines is 1. The minimum atomic E-state index is 0.331. The van der Waals surface area contributed by atoms with Gasteiger partial charge in [0.15, 0.2) is 11.5 Å². The Kier molecular flexibility index (Phi) is 2.99. The molecule has 0 aromatic heterocycles. The van der Waals surface area contributed by atoms with E-state index in [-0.39, 0.29) is 0 Å². The van der Waals surface area contributed by atoms with Crippen molar-refractivity contribution in [1.82, 2.24) is 0 Å². The van der Waals surface area contributed by atoms with Crippen molar-refractivity contribution in [3.63, 3.8) is 0 Å². The maximum atomic E-state index is 5.42. The molecule has 1 aliphatic heterocycles. The van der Waals surface area contributed by atoms with Crippen molar-refractivity contribution in [2.75, 3.05) is 12.1 Å². The molecule has 3 nitrogen and oxygen atoms in total. The number of hydrogen-bond donors (Lipinski definition) is 1. The molecule has 0 bridgehead atoms. The van der Waals surface area contributed by atoms with E-state index < -0.39 is 0 Å². The highest BCUT2D eigenvalue weighted by Crippen LogP contribution is 2.41. The Bertz CT molecular complexity index is 662. The Morgan fingerprint density at radius 2 is 1.81 bits per heavy atom. The van der Waals surface area contributed by atoms with Crippen LogP contribution in [0.4, 0.5) is 5.69 Å². The molecule has 3 heteroatoms. The Hall–Kier alpha value is -2.16. The predicted octanol–water partition coefficient (Wildman–Crippen LogP) is 4.08. The lowest BCUT2D eigenvalue weighted by molar-refractivity contribution is 0.174. The van der Waals surface area contributed by atoms with E-state index in [2.05, 4.69) is 42.6 Å². The van der Waals surface area contributed by atoms with Gasteiger partial charge in [-0.2, -0.15) is 0 Å². The quantitative estimate of drug-likeness (QED) is 0.919. The molecule has 1 aliphatic carbocycles. The van der Waals surface area contributed by atoms with E-state index in [1.165, 1.54) is 24.0 Å². The maximum absolute atomic E-state index is 5.42. The van der Waals surface area contributed by atoms with Crippen molar-refractivity contribution in [2.45, 2.75) is 31.7 Å². The monoisotopic (exact) mass is 281 g/mol. The molecule has 0 atom stereocenters. The summed E-state index contributed by atoms with van der Waals surface area (Å²) in [5.41, 5.74) is 4.03. The van der Waals surface area contributed by atoms with Gasteiger partial charge < -0.3 is 14.8 Å². The van der Waals surface area contributed by atoms with Gasteiger partial charge in [0.1, 0.15) is 0 Å². The Morgan fingerprint density at radius 1 is 1.00 bits per heavy atom. The average Bonchev–Trinajstić information content (AvgIpc) is 2.91. The van der Waals surface area contributed by atoms with Gasteiger partial charge in [0.2, 0.25) is 6.79 Å². The number of rotatable bonds is 3. The summed E-state index contributed by atoms with van der Waals surface area (Å²) >= 11 is 0. The normalized spacial score (nSPS) is 22.7. The van der Waals surface area contributed by atoms with Crippen molar-refractivity contribution < 1.29 is 9.47 Å². The summed E-state index contributed by atoms with van der Waals surface area (Å²) in [6, 6.07) is 15.3. The zero-order valence-electron chi connectivity index (χ0n) is 12.1. The molecule has 1 fully saturated rings. The molecule has 0 unspecified atom stereocenters. The Balaban J connectivity index is 1.39. The molecule has 4 rings (SSSR count). The standard InChI is InChI=1S/C18H19NO2/c1-12-4-2-3-5-16(12)13-8-15(9-13)19-14-6-7-17-18(10-14)21-11-20-17/h2-7,10,13,15,19H,8-9,11H2,1H3. The highest BCUT2D eigenvalue weighted by Gasteiger charge is 2.31. The number of benzene rings is 2. The van der Waals surface area contributed by atoms with Gasteiger partial charge in [0.05, 0.1) is 0 Å². The highest BCUT2D eigenvalue weighted by atomic mass is 16.7. The molecule has 2 aromatic rings. The first-order chi connectivity index (χ1) is 10.3. The third kappa shape index (κ3) is 2.33. The van der Waals surface area contributed by atoms with Gasteiger partial charge in [-0.05, 0) is 48.9 Å². The SMILES string of the molecule is Cc1ccccc1C1CC(Nc2ccc3c(c2)OCO3)C1. The van der Waals surface area contributed by atoms with Crippen LogP contribution in [0.3, 0.4) is 0 Å². The maximum Gasteiger partial charge on any atom is 0.231 e. The zero-order chi connectivity index (χ0) is 14.2. The van der Waals surface area contributed by atoms with E-state index in [4.69, 9.17) is 9.47 Å². The predicted molar refractivity (Wildman–Crippen MR) is 83.1 cm³/mol. The van der Waals surface area contributed by atoms with Crippen molar-refractivity contribution >= 4 is 5.69 Å². The van der Waals surface area contributed by atoms with Crippen molar-refractivity contribution in [3.05, 3.63) is 53.6 Å². The molecule has 21 heavy (non-hydrogen) atoms. The van der Waals surface area contributed by atoms with Crippen molar-refractivity contribution in [3.8, 4) is 11.5 Å². The number of fused-ring (bicyclic) bond motifs is 1. The van der Waals surface area contributed by atoms with Crippen LogP contribution in [0.25, 0.3) is 0 Å². The van der Waals surface area contributed by atoms with E-state index in [0.717, 1.165) is 17.2 Å². The number of aryl methyl sites for hydroxylation is 1. The minimum Gasteiger partial charge on any atom is -0.454 e. The average molecular weight is 281 g/mol. The van der Waals surface area contributed by atoms with Crippen LogP contribution in [0.1, 0.15) is 29.9 Å². The van der Waals surface area contributed by atoms with E-state index in [0.29, 0.717) is 18.8 Å². The molecule has 1 saturated carbocycles. The van der Waals surface area contributed by atoms with Crippen LogP contribution in [0, 0.1) is 6.92 Å². The van der Waals surface area contributed by atoms with Gasteiger partial charge in [-0.1, -0.05) is 24.3 Å². The summed E-state index contributed by atoms with van der Waals surface area (Å²) in [4.78, 5) is 0. The second kappa shape index (κ2) is 4.99. The Morgan fingerprint density at radius 3 is 2.67 bits per heavy atom. The molecular formula is C18H19NO2. The summed E-state index contributed by atoms with van der Waals surface area (Å²) in [5, 5.41) is 3.59. The highest BCUT2D eigenvalue weighted by molar-refractivity contribution is 5.56. The summed E-state index contributed by atoms with van der Waals surface area (Å²) in [7, 11) is 0. The minimum absolute atomic E-state index is 0.331. The molecular weight excluding hydrogens is 262 g/mol. The van der Waals surface area contributed by atoms with E-state index in [1.807, 2.05) is 12.1 Å². The van der Waals surface area contributed by atoms with Crippen LogP contribution in [0.5, 0.6) is 11.5 Å². The van der Waals surface area contributed by atoms with Crippen LogP contribution in [-0.4, -0.2) is 12.8 Å². The van der Waals surface area contributed by atoms with Crippen LogP contribution in [0.2, 0.25) is 0 Å². The first-order valence-electron chi connectivity index (χ1n) is 7.51. The van der Waals surface area contributed by atoms with Crippen LogP contribution in [0.15, 0.2) is 42.5 Å². The lowest BCUT2D eigenvalue weighted by Crippen LogP contribution is -2.34. The number of hydrogen-bond acceptors (Lipinski definition) is 3. The smallest absolute Gasteiger partial charge is 0.231 e. The fourth-order valence-electron chi connectivity index (χ4n) is 3.26. The van der Waals surface area contributed by atoms with E-state index in [1.54, 1.807) is 0 Å². The summed E-state index contributed by atoms with van der Waals surface area (Å²) in [6.45, 7) is 2.53. The fourth-order valence-corrected chi connectivity index (χ4v) is 3.26. The number of nitrogens with one attached hydrogen (secondary N) is 1. The molecule has 2 aromatic carbocycles. The van der Waals surface area contributed by atoms with E-state index >= 15 is 0 Å². The second-order valence-corrected chi connectivity index (χ2v) is 5.93. The van der Waals surface area contributed by atoms with Gasteiger partial charge >= 0.3 is 0 Å². The zero-order valence-corrected chi connectivity index (χ0v) is 12.1. The van der Waals surface area contributed by atoms with Gasteiger partial charge in [0, 0.05) is 17.8 Å². The largest absolute Gasteiger partial charge is 0.454 e. The van der Waals surface area contributed by atoms with Crippen molar-refractivity contribution in [2.24, 2.45) is 0 Å². The summed E-state index contributed by atoms with van der Waals surface area (Å²) < 4.78 is 10.8. The van der Waals surface area contributed by atoms with Crippen molar-refractivity contribution in [1.29, 1.82) is 0 Å². The third-order valence-electron chi connectivity index (χ3n) is 4.51. The molecule has 0 saturated heterocycles. The van der Waals surface area contributed by atoms with Crippen LogP contribution in [-0.2, 0) is 0 Å². The first-order valence-corrected chi connectivity index (χ1v) is 7.51. The second-order valence-electron chi connectivity index (χ2n) is 5.93. The third-order valence-corrected chi connectivity index (χ3v) is 4.51. The van der Waals surface area contributed by atoms with Gasteiger partial charge in [0.25, 0.3) is 0 Å². The van der Waals surface area contributed by atoms with Gasteiger partial charge in [-0.3, -0.25) is 0 Å².